The summed E-state index contributed by atoms with van der Waals surface area (Å²) in [5, 5.41) is 14.5. The van der Waals surface area contributed by atoms with Gasteiger partial charge in [-0.15, -0.1) is 0 Å². The highest BCUT2D eigenvalue weighted by Gasteiger charge is 2.63. The number of amides is 1. The molecule has 0 radical (unpaired) electrons. The molecule has 4 fully saturated rings. The van der Waals surface area contributed by atoms with E-state index in [4.69, 9.17) is 4.74 Å². The molecule has 0 aromatic carbocycles. The van der Waals surface area contributed by atoms with E-state index in [1.165, 1.54) is 38.5 Å². The van der Waals surface area contributed by atoms with Gasteiger partial charge in [0.1, 0.15) is 5.60 Å². The number of imidazole rings is 1. The molecule has 4 atom stereocenters. The second-order valence-electron chi connectivity index (χ2n) is 9.87. The van der Waals surface area contributed by atoms with Crippen molar-refractivity contribution >= 4 is 11.6 Å². The Bertz CT molecular complexity index is 971. The molecule has 166 valence electrons. The van der Waals surface area contributed by atoms with Crippen LogP contribution >= 0.6 is 0 Å². The first-order valence-electron chi connectivity index (χ1n) is 11.8. The number of aliphatic hydroxyl groups excluding tert-OH is 1. The van der Waals surface area contributed by atoms with Gasteiger partial charge < -0.3 is 14.7 Å². The summed E-state index contributed by atoms with van der Waals surface area (Å²) < 4.78 is 8.23. The van der Waals surface area contributed by atoms with Crippen molar-refractivity contribution < 1.29 is 14.6 Å². The van der Waals surface area contributed by atoms with Gasteiger partial charge in [-0.1, -0.05) is 25.7 Å². The average molecular weight is 426 g/mol. The molecule has 6 rings (SSSR count). The Labute approximate surface area is 182 Å². The Morgan fingerprint density at radius 2 is 2.03 bits per heavy atom. The normalized spacial score (nSPS) is 34.2. The van der Waals surface area contributed by atoms with Crippen LogP contribution in [-0.2, 0) is 4.74 Å². The first-order chi connectivity index (χ1) is 15.2. The Morgan fingerprint density at radius 3 is 2.84 bits per heavy atom. The lowest BCUT2D eigenvalue weighted by atomic mass is 9.83. The quantitative estimate of drug-likeness (QED) is 0.752. The van der Waals surface area contributed by atoms with Crippen LogP contribution in [0.15, 0.2) is 24.5 Å². The van der Waals surface area contributed by atoms with Gasteiger partial charge in [-0.3, -0.25) is 9.69 Å². The standard InChI is InChI=1S/C23H31N5O3/c29-13-17-18-11-26(16-6-3-1-2-4-7-16)14-23(18)15-27(12-20(17)31-23)22(30)19-10-24-21-8-5-9-25-28(19)21/h5,8-10,16-18,20,29H,1-4,6-7,11-15H2/t17-,18+,20+,23-/m0/s1. The molecular weight excluding hydrogens is 394 g/mol. The number of ether oxygens (including phenoxy) is 1. The maximum atomic E-state index is 13.5. The van der Waals surface area contributed by atoms with Crippen LogP contribution in [0.1, 0.15) is 49.0 Å². The van der Waals surface area contributed by atoms with Crippen LogP contribution in [0.3, 0.4) is 0 Å². The Kier molecular flexibility index (Phi) is 4.77. The number of morpholine rings is 1. The van der Waals surface area contributed by atoms with Crippen molar-refractivity contribution in [2.75, 3.05) is 32.8 Å². The lowest BCUT2D eigenvalue weighted by Gasteiger charge is -2.41. The van der Waals surface area contributed by atoms with Crippen LogP contribution in [0.4, 0.5) is 0 Å². The van der Waals surface area contributed by atoms with E-state index in [1.807, 2.05) is 17.0 Å². The third-order valence-corrected chi connectivity index (χ3v) is 8.15. The minimum atomic E-state index is -0.369. The van der Waals surface area contributed by atoms with Crippen LogP contribution in [0.5, 0.6) is 0 Å². The summed E-state index contributed by atoms with van der Waals surface area (Å²) in [6.07, 6.45) is 11.0. The fraction of sp³-hybridized carbons (Fsp3) is 0.696. The van der Waals surface area contributed by atoms with Gasteiger partial charge in [-0.2, -0.15) is 5.10 Å². The lowest BCUT2D eigenvalue weighted by molar-refractivity contribution is -0.109. The Hall–Kier alpha value is -2.03. The molecular formula is C23H31N5O3. The fourth-order valence-electron chi connectivity index (χ4n) is 6.66. The van der Waals surface area contributed by atoms with Crippen molar-refractivity contribution in [2.45, 2.75) is 56.3 Å². The highest BCUT2D eigenvalue weighted by atomic mass is 16.5. The van der Waals surface area contributed by atoms with Gasteiger partial charge in [-0.25, -0.2) is 9.50 Å². The molecule has 1 amide bonds. The molecule has 0 unspecified atom stereocenters. The molecule has 2 bridgehead atoms. The molecule has 2 aromatic rings. The number of carbonyl (C=O) groups is 1. The van der Waals surface area contributed by atoms with E-state index in [0.29, 0.717) is 30.5 Å². The maximum absolute atomic E-state index is 13.5. The topological polar surface area (TPSA) is 83.2 Å². The number of nitrogens with zero attached hydrogens (tertiary/aromatic N) is 5. The molecule has 31 heavy (non-hydrogen) atoms. The van der Waals surface area contributed by atoms with Gasteiger partial charge in [0.05, 0.1) is 18.8 Å². The number of aliphatic hydroxyl groups is 1. The molecule has 4 aliphatic rings. The summed E-state index contributed by atoms with van der Waals surface area (Å²) in [7, 11) is 0. The summed E-state index contributed by atoms with van der Waals surface area (Å²) >= 11 is 0. The first kappa shape index (κ1) is 19.6. The lowest BCUT2D eigenvalue weighted by Crippen LogP contribution is -2.56. The number of rotatable bonds is 3. The number of carbonyl (C=O) groups excluding carboxylic acids is 1. The Balaban J connectivity index is 1.27. The van der Waals surface area contributed by atoms with Gasteiger partial charge in [0.15, 0.2) is 11.3 Å². The molecule has 1 aliphatic carbocycles. The van der Waals surface area contributed by atoms with Gasteiger partial charge in [0, 0.05) is 50.3 Å². The van der Waals surface area contributed by atoms with Gasteiger partial charge in [0.25, 0.3) is 5.91 Å². The summed E-state index contributed by atoms with van der Waals surface area (Å²) in [6, 6.07) is 4.28. The molecule has 8 heteroatoms. The number of likely N-dealkylation sites (tertiary alicyclic amines) is 2. The molecule has 1 spiro atoms. The third kappa shape index (κ3) is 3.10. The van der Waals surface area contributed by atoms with E-state index in [0.717, 1.165) is 13.1 Å². The smallest absolute Gasteiger partial charge is 0.274 e. The van der Waals surface area contributed by atoms with E-state index in [2.05, 4.69) is 15.0 Å². The maximum Gasteiger partial charge on any atom is 0.274 e. The molecule has 3 aliphatic heterocycles. The van der Waals surface area contributed by atoms with E-state index in [9.17, 15) is 9.90 Å². The van der Waals surface area contributed by atoms with E-state index < -0.39 is 0 Å². The average Bonchev–Trinajstić information content (AvgIpc) is 3.31. The third-order valence-electron chi connectivity index (χ3n) is 8.15. The van der Waals surface area contributed by atoms with Crippen LogP contribution in [0.2, 0.25) is 0 Å². The van der Waals surface area contributed by atoms with Crippen molar-refractivity contribution in [3.8, 4) is 0 Å². The minimum absolute atomic E-state index is 0.0517. The number of hydrogen-bond acceptors (Lipinski definition) is 6. The van der Waals surface area contributed by atoms with Crippen molar-refractivity contribution in [1.82, 2.24) is 24.4 Å². The molecule has 3 saturated heterocycles. The zero-order chi connectivity index (χ0) is 21.0. The second kappa shape index (κ2) is 7.53. The largest absolute Gasteiger partial charge is 0.396 e. The van der Waals surface area contributed by atoms with E-state index >= 15 is 0 Å². The SMILES string of the molecule is O=C(c1cnc2cccnn12)N1C[C@H]2O[C@]3(C1)CN(C1CCCCCC1)C[C@@H]3[C@@H]2CO. The van der Waals surface area contributed by atoms with Crippen LogP contribution in [0.25, 0.3) is 5.65 Å². The van der Waals surface area contributed by atoms with Crippen molar-refractivity contribution in [1.29, 1.82) is 0 Å². The zero-order valence-electron chi connectivity index (χ0n) is 17.9. The highest BCUT2D eigenvalue weighted by Crippen LogP contribution is 2.50. The fourth-order valence-corrected chi connectivity index (χ4v) is 6.66. The van der Waals surface area contributed by atoms with Gasteiger partial charge in [0.2, 0.25) is 0 Å². The minimum Gasteiger partial charge on any atom is -0.396 e. The van der Waals surface area contributed by atoms with Crippen molar-refractivity contribution in [3.05, 3.63) is 30.2 Å². The molecule has 1 saturated carbocycles. The predicted octanol–water partition coefficient (Wildman–Crippen LogP) is 1.59. The zero-order valence-corrected chi connectivity index (χ0v) is 17.9. The van der Waals surface area contributed by atoms with E-state index in [-0.39, 0.29) is 36.1 Å². The summed E-state index contributed by atoms with van der Waals surface area (Å²) in [6.45, 7) is 3.06. The first-order valence-corrected chi connectivity index (χ1v) is 11.8. The molecule has 2 aromatic heterocycles. The van der Waals surface area contributed by atoms with Crippen molar-refractivity contribution in [2.24, 2.45) is 11.8 Å². The summed E-state index contributed by atoms with van der Waals surface area (Å²) in [5.74, 6) is 0.321. The Morgan fingerprint density at radius 1 is 1.19 bits per heavy atom. The summed E-state index contributed by atoms with van der Waals surface area (Å²) in [4.78, 5) is 22.4. The number of aromatic nitrogens is 3. The second-order valence-corrected chi connectivity index (χ2v) is 9.87. The van der Waals surface area contributed by atoms with Crippen LogP contribution in [0, 0.1) is 11.8 Å². The predicted molar refractivity (Wildman–Crippen MR) is 114 cm³/mol. The molecule has 5 heterocycles. The number of hydrogen-bond donors (Lipinski definition) is 1. The summed E-state index contributed by atoms with van der Waals surface area (Å²) in [5.41, 5.74) is 0.794. The monoisotopic (exact) mass is 425 g/mol. The molecule has 8 nitrogen and oxygen atoms in total. The van der Waals surface area contributed by atoms with Gasteiger partial charge >= 0.3 is 0 Å². The van der Waals surface area contributed by atoms with E-state index in [1.54, 1.807) is 16.9 Å². The van der Waals surface area contributed by atoms with Gasteiger partial charge in [-0.05, 0) is 25.0 Å². The van der Waals surface area contributed by atoms with Crippen LogP contribution < -0.4 is 0 Å². The van der Waals surface area contributed by atoms with Crippen molar-refractivity contribution in [3.63, 3.8) is 0 Å². The van der Waals surface area contributed by atoms with Crippen LogP contribution in [-0.4, -0.2) is 85.9 Å². The molecule has 1 N–H and O–H groups in total. The number of fused-ring (bicyclic) bond motifs is 2. The highest BCUT2D eigenvalue weighted by molar-refractivity contribution is 5.93.